The molecule has 0 fully saturated rings. The van der Waals surface area contributed by atoms with Crippen LogP contribution in [0.4, 0.5) is 18.6 Å². The smallest absolute Gasteiger partial charge is 0.495 e. The van der Waals surface area contributed by atoms with E-state index in [0.29, 0.717) is 11.4 Å². The summed E-state index contributed by atoms with van der Waals surface area (Å²) in [5.41, 5.74) is 0.444. The van der Waals surface area contributed by atoms with Gasteiger partial charge in [0.15, 0.2) is 0 Å². The molecule has 1 aromatic rings. The van der Waals surface area contributed by atoms with Crippen LogP contribution in [0, 0.1) is 0 Å². The number of methoxy groups -OCH3 is 1. The molecule has 6 heteroatoms. The minimum absolute atomic E-state index is 0.444. The van der Waals surface area contributed by atoms with E-state index in [0.717, 1.165) is 4.90 Å². The van der Waals surface area contributed by atoms with Crippen LogP contribution >= 0.6 is 0 Å². The largest absolute Gasteiger partial charge is 0.497 e. The molecule has 0 aliphatic carbocycles. The summed E-state index contributed by atoms with van der Waals surface area (Å²) in [6.45, 7) is -4.82. The lowest BCUT2D eigenvalue weighted by atomic mass is 9.91. The van der Waals surface area contributed by atoms with Gasteiger partial charge >= 0.3 is 6.98 Å². The van der Waals surface area contributed by atoms with E-state index in [9.17, 15) is 12.9 Å². The average Bonchev–Trinajstić information content (AvgIpc) is 2.15. The van der Waals surface area contributed by atoms with Crippen molar-refractivity contribution in [2.24, 2.45) is 0 Å². The number of halogens is 3. The Morgan fingerprint density at radius 3 is 2.40 bits per heavy atom. The van der Waals surface area contributed by atoms with Crippen LogP contribution in [0.5, 0.6) is 5.75 Å². The molecule has 0 spiro atoms. The number of rotatable bonds is 4. The van der Waals surface area contributed by atoms with Gasteiger partial charge in [-0.1, -0.05) is 12.1 Å². The normalized spacial score (nSPS) is 11.3. The number of anilines is 1. The highest BCUT2D eigenvalue weighted by Crippen LogP contribution is 2.27. The molecular weight excluding hydrogens is 206 g/mol. The highest BCUT2D eigenvalue weighted by atomic mass is 19.4. The van der Waals surface area contributed by atoms with Gasteiger partial charge in [0.25, 0.3) is 0 Å². The van der Waals surface area contributed by atoms with Gasteiger partial charge in [-0.2, -0.15) is 0 Å². The Labute approximate surface area is 86.7 Å². The van der Waals surface area contributed by atoms with Crippen LogP contribution in [0.3, 0.4) is 0 Å². The molecule has 0 aliphatic heterocycles. The minimum Gasteiger partial charge on any atom is -0.495 e. The van der Waals surface area contributed by atoms with Crippen LogP contribution in [0.15, 0.2) is 24.3 Å². The van der Waals surface area contributed by atoms with Crippen LogP contribution in [-0.4, -0.2) is 27.6 Å². The summed E-state index contributed by atoms with van der Waals surface area (Å²) in [4.78, 5) is 1.14. The van der Waals surface area contributed by atoms with Gasteiger partial charge in [-0.3, -0.25) is 0 Å². The van der Waals surface area contributed by atoms with Gasteiger partial charge < -0.3 is 22.6 Å². The molecule has 84 valence electrons. The number of hydrogen-bond donors (Lipinski definition) is 0. The topological polar surface area (TPSA) is 12.5 Å². The molecule has 0 bridgehead atoms. The number of nitrogens with zero attached hydrogens (tertiary/aromatic N) is 1. The van der Waals surface area contributed by atoms with E-state index in [4.69, 9.17) is 4.74 Å². The molecule has 1 rings (SSSR count). The summed E-state index contributed by atoms with van der Waals surface area (Å²) in [6.07, 6.45) is -0.930. The van der Waals surface area contributed by atoms with Gasteiger partial charge in [0.1, 0.15) is 5.75 Å². The van der Waals surface area contributed by atoms with Crippen molar-refractivity contribution in [3.8, 4) is 5.75 Å². The Morgan fingerprint density at radius 1 is 1.27 bits per heavy atom. The fraction of sp³-hybridized carbons (Fsp3) is 0.333. The van der Waals surface area contributed by atoms with Crippen LogP contribution in [0.2, 0.25) is 0 Å². The summed E-state index contributed by atoms with van der Waals surface area (Å²) in [7, 11) is 2.83. The molecule has 0 heterocycles. The van der Waals surface area contributed by atoms with E-state index in [2.05, 4.69) is 0 Å². The molecule has 0 saturated carbocycles. The highest BCUT2D eigenvalue weighted by Gasteiger charge is 2.25. The first-order valence-corrected chi connectivity index (χ1v) is 4.49. The summed E-state index contributed by atoms with van der Waals surface area (Å²) in [5.74, 6) is 0.444. The Hall–Kier alpha value is -1.33. The second-order valence-electron chi connectivity index (χ2n) is 3.26. The molecule has 0 aliphatic rings. The second-order valence-corrected chi connectivity index (χ2v) is 3.26. The Morgan fingerprint density at radius 2 is 1.87 bits per heavy atom. The Balaban J connectivity index is 2.86. The van der Waals surface area contributed by atoms with Crippen molar-refractivity contribution in [3.63, 3.8) is 0 Å². The zero-order valence-corrected chi connectivity index (χ0v) is 8.58. The van der Waals surface area contributed by atoms with Crippen molar-refractivity contribution in [2.45, 2.75) is 0 Å². The molecular formula is C9H12BF3NO-. The lowest BCUT2D eigenvalue weighted by Crippen LogP contribution is -2.35. The van der Waals surface area contributed by atoms with E-state index < -0.39 is 13.4 Å². The fourth-order valence-corrected chi connectivity index (χ4v) is 1.35. The molecule has 0 aromatic heterocycles. The van der Waals surface area contributed by atoms with E-state index in [1.165, 1.54) is 14.2 Å². The lowest BCUT2D eigenvalue weighted by molar-refractivity contribution is 0.414. The van der Waals surface area contributed by atoms with E-state index in [-0.39, 0.29) is 0 Å². The molecule has 0 N–H and O–H groups in total. The van der Waals surface area contributed by atoms with Gasteiger partial charge in [-0.15, -0.1) is 0 Å². The molecule has 0 atom stereocenters. The lowest BCUT2D eigenvalue weighted by Gasteiger charge is -2.26. The Bertz CT molecular complexity index is 329. The van der Waals surface area contributed by atoms with Gasteiger partial charge in [-0.25, -0.2) is 0 Å². The molecule has 0 amide bonds. The average molecular weight is 218 g/mol. The number of benzene rings is 1. The predicted octanol–water partition coefficient (Wildman–Crippen LogP) is 2.52. The molecule has 2 nitrogen and oxygen atoms in total. The second kappa shape index (κ2) is 4.46. The van der Waals surface area contributed by atoms with Crippen LogP contribution in [0.25, 0.3) is 0 Å². The molecule has 15 heavy (non-hydrogen) atoms. The number of para-hydroxylation sites is 2. The fourth-order valence-electron chi connectivity index (χ4n) is 1.35. The third kappa shape index (κ3) is 3.38. The zero-order valence-electron chi connectivity index (χ0n) is 8.58. The first-order valence-electron chi connectivity index (χ1n) is 4.49. The quantitative estimate of drug-likeness (QED) is 0.720. The van der Waals surface area contributed by atoms with E-state index in [1.54, 1.807) is 24.3 Å². The predicted molar refractivity (Wildman–Crippen MR) is 55.3 cm³/mol. The van der Waals surface area contributed by atoms with Crippen molar-refractivity contribution in [3.05, 3.63) is 24.3 Å². The monoisotopic (exact) mass is 218 g/mol. The molecule has 0 radical (unpaired) electrons. The van der Waals surface area contributed by atoms with Crippen LogP contribution < -0.4 is 9.64 Å². The summed E-state index contributed by atoms with van der Waals surface area (Å²) in [5, 5.41) is 0. The number of hydrogen-bond acceptors (Lipinski definition) is 2. The number of ether oxygens (including phenoxy) is 1. The van der Waals surface area contributed by atoms with Gasteiger partial charge in [0.2, 0.25) is 0 Å². The van der Waals surface area contributed by atoms with Crippen molar-refractivity contribution >= 4 is 12.7 Å². The zero-order chi connectivity index (χ0) is 11.5. The van der Waals surface area contributed by atoms with Crippen molar-refractivity contribution in [2.75, 3.05) is 25.5 Å². The minimum atomic E-state index is -4.82. The SMILES string of the molecule is COc1ccccc1N(C)C[B-](F)(F)F. The van der Waals surface area contributed by atoms with Gasteiger partial charge in [-0.05, 0) is 18.6 Å². The van der Waals surface area contributed by atoms with E-state index in [1.807, 2.05) is 0 Å². The molecule has 0 saturated heterocycles. The maximum atomic E-state index is 12.2. The first-order chi connectivity index (χ1) is 6.94. The highest BCUT2D eigenvalue weighted by molar-refractivity contribution is 6.59. The third-order valence-electron chi connectivity index (χ3n) is 1.98. The summed E-state index contributed by atoms with van der Waals surface area (Å²) < 4.78 is 41.6. The molecule has 0 unspecified atom stereocenters. The maximum Gasteiger partial charge on any atom is 0.497 e. The standard InChI is InChI=1S/C9H12BF3NO/c1-14(7-10(11,12)13)8-5-3-4-6-9(8)15-2/h3-6H,7H2,1-2H3/q-1. The van der Waals surface area contributed by atoms with Crippen LogP contribution in [-0.2, 0) is 0 Å². The third-order valence-corrected chi connectivity index (χ3v) is 1.98. The van der Waals surface area contributed by atoms with E-state index >= 15 is 0 Å². The molecule has 1 aromatic carbocycles. The van der Waals surface area contributed by atoms with Gasteiger partial charge in [0, 0.05) is 7.05 Å². The van der Waals surface area contributed by atoms with Gasteiger partial charge in [0.05, 0.1) is 12.8 Å². The van der Waals surface area contributed by atoms with Crippen molar-refractivity contribution in [1.82, 2.24) is 0 Å². The summed E-state index contributed by atoms with van der Waals surface area (Å²) in [6, 6.07) is 6.63. The summed E-state index contributed by atoms with van der Waals surface area (Å²) >= 11 is 0. The van der Waals surface area contributed by atoms with Crippen molar-refractivity contribution in [1.29, 1.82) is 0 Å². The van der Waals surface area contributed by atoms with Crippen molar-refractivity contribution < 1.29 is 17.7 Å². The maximum absolute atomic E-state index is 12.2. The van der Waals surface area contributed by atoms with Crippen LogP contribution in [0.1, 0.15) is 0 Å². The Kier molecular flexibility index (Phi) is 3.50. The first kappa shape index (κ1) is 11.7.